The molecule has 2 aromatic rings. The number of aryl methyl sites for hydroxylation is 2. The summed E-state index contributed by atoms with van der Waals surface area (Å²) in [5, 5.41) is 3.24. The molecule has 0 fully saturated rings. The number of nitrogens with one attached hydrogen (secondary N) is 1. The molecular formula is C17H24N4. The number of nitrogens with zero attached hydrogens (tertiary/aromatic N) is 3. The SMILES string of the molecule is CCCNc1ncc(C)c(N(C)Cc2ccccc2C)n1. The van der Waals surface area contributed by atoms with E-state index in [0.717, 1.165) is 30.9 Å². The van der Waals surface area contributed by atoms with Crippen molar-refractivity contribution in [2.45, 2.75) is 33.7 Å². The second-order valence-electron chi connectivity index (χ2n) is 5.41. The maximum Gasteiger partial charge on any atom is 0.224 e. The summed E-state index contributed by atoms with van der Waals surface area (Å²) in [5.41, 5.74) is 3.72. The van der Waals surface area contributed by atoms with Gasteiger partial charge in [0.1, 0.15) is 5.82 Å². The summed E-state index contributed by atoms with van der Waals surface area (Å²) in [6, 6.07) is 8.46. The summed E-state index contributed by atoms with van der Waals surface area (Å²) in [7, 11) is 2.07. The van der Waals surface area contributed by atoms with Gasteiger partial charge in [0.05, 0.1) is 0 Å². The first-order chi connectivity index (χ1) is 10.1. The van der Waals surface area contributed by atoms with Crippen LogP contribution in [0.15, 0.2) is 30.5 Å². The number of rotatable bonds is 6. The third kappa shape index (κ3) is 3.94. The van der Waals surface area contributed by atoms with Crippen molar-refractivity contribution in [3.63, 3.8) is 0 Å². The number of aromatic nitrogens is 2. The predicted molar refractivity (Wildman–Crippen MR) is 88.8 cm³/mol. The van der Waals surface area contributed by atoms with Gasteiger partial charge in [-0.3, -0.25) is 0 Å². The van der Waals surface area contributed by atoms with Gasteiger partial charge in [0.2, 0.25) is 5.95 Å². The molecule has 1 aromatic heterocycles. The van der Waals surface area contributed by atoms with Gasteiger partial charge in [-0.2, -0.15) is 4.98 Å². The van der Waals surface area contributed by atoms with Crippen LogP contribution in [-0.4, -0.2) is 23.6 Å². The number of anilines is 2. The van der Waals surface area contributed by atoms with Gasteiger partial charge >= 0.3 is 0 Å². The summed E-state index contributed by atoms with van der Waals surface area (Å²) in [6.07, 6.45) is 2.94. The van der Waals surface area contributed by atoms with E-state index in [1.807, 2.05) is 13.1 Å². The second kappa shape index (κ2) is 7.07. The average Bonchev–Trinajstić information content (AvgIpc) is 2.48. The van der Waals surface area contributed by atoms with Crippen LogP contribution in [0, 0.1) is 13.8 Å². The van der Waals surface area contributed by atoms with Crippen molar-refractivity contribution in [3.8, 4) is 0 Å². The third-order valence-corrected chi connectivity index (χ3v) is 3.51. The lowest BCUT2D eigenvalue weighted by atomic mass is 10.1. The highest BCUT2D eigenvalue weighted by atomic mass is 15.2. The summed E-state index contributed by atoms with van der Waals surface area (Å²) < 4.78 is 0. The summed E-state index contributed by atoms with van der Waals surface area (Å²) in [6.45, 7) is 8.06. The third-order valence-electron chi connectivity index (χ3n) is 3.51. The molecule has 2 rings (SSSR count). The Morgan fingerprint density at radius 1 is 1.14 bits per heavy atom. The smallest absolute Gasteiger partial charge is 0.224 e. The van der Waals surface area contributed by atoms with Gasteiger partial charge in [-0.25, -0.2) is 4.98 Å². The lowest BCUT2D eigenvalue weighted by Gasteiger charge is -2.21. The first-order valence-electron chi connectivity index (χ1n) is 7.45. The van der Waals surface area contributed by atoms with Crippen molar-refractivity contribution in [3.05, 3.63) is 47.2 Å². The van der Waals surface area contributed by atoms with Crippen LogP contribution in [0.2, 0.25) is 0 Å². The van der Waals surface area contributed by atoms with Crippen LogP contribution >= 0.6 is 0 Å². The van der Waals surface area contributed by atoms with Crippen LogP contribution < -0.4 is 10.2 Å². The minimum Gasteiger partial charge on any atom is -0.355 e. The minimum atomic E-state index is 0.703. The normalized spacial score (nSPS) is 10.5. The molecule has 0 unspecified atom stereocenters. The van der Waals surface area contributed by atoms with E-state index in [1.165, 1.54) is 11.1 Å². The first kappa shape index (κ1) is 15.3. The van der Waals surface area contributed by atoms with Crippen LogP contribution in [-0.2, 0) is 6.54 Å². The van der Waals surface area contributed by atoms with Crippen LogP contribution in [0.25, 0.3) is 0 Å². The summed E-state index contributed by atoms with van der Waals surface area (Å²) in [5.74, 6) is 1.68. The Labute approximate surface area is 127 Å². The largest absolute Gasteiger partial charge is 0.355 e. The van der Waals surface area contributed by atoms with Gasteiger partial charge in [-0.05, 0) is 31.4 Å². The Morgan fingerprint density at radius 2 is 1.90 bits per heavy atom. The van der Waals surface area contributed by atoms with Gasteiger partial charge in [-0.1, -0.05) is 31.2 Å². The molecule has 0 aliphatic heterocycles. The maximum absolute atomic E-state index is 4.64. The van der Waals surface area contributed by atoms with Gasteiger partial charge < -0.3 is 10.2 Å². The number of benzene rings is 1. The standard InChI is InChI=1S/C17H24N4/c1-5-10-18-17-19-11-14(3)16(20-17)21(4)12-15-9-7-6-8-13(15)2/h6-9,11H,5,10,12H2,1-4H3,(H,18,19,20). The zero-order valence-corrected chi connectivity index (χ0v) is 13.3. The molecular weight excluding hydrogens is 260 g/mol. The molecule has 21 heavy (non-hydrogen) atoms. The fourth-order valence-corrected chi connectivity index (χ4v) is 2.26. The molecule has 0 bridgehead atoms. The molecule has 0 spiro atoms. The van der Waals surface area contributed by atoms with E-state index < -0.39 is 0 Å². The van der Waals surface area contributed by atoms with Crippen molar-refractivity contribution >= 4 is 11.8 Å². The fourth-order valence-electron chi connectivity index (χ4n) is 2.26. The Hall–Kier alpha value is -2.10. The molecule has 0 aliphatic rings. The molecule has 0 amide bonds. The second-order valence-corrected chi connectivity index (χ2v) is 5.41. The van der Waals surface area contributed by atoms with E-state index in [1.54, 1.807) is 0 Å². The first-order valence-corrected chi connectivity index (χ1v) is 7.45. The van der Waals surface area contributed by atoms with E-state index in [4.69, 9.17) is 0 Å². The number of hydrogen-bond donors (Lipinski definition) is 1. The zero-order chi connectivity index (χ0) is 15.2. The number of hydrogen-bond acceptors (Lipinski definition) is 4. The quantitative estimate of drug-likeness (QED) is 0.880. The summed E-state index contributed by atoms with van der Waals surface area (Å²) >= 11 is 0. The van der Waals surface area contributed by atoms with Crippen LogP contribution in [0.5, 0.6) is 0 Å². The topological polar surface area (TPSA) is 41.1 Å². The molecule has 112 valence electrons. The molecule has 1 aromatic carbocycles. The fraction of sp³-hybridized carbons (Fsp3) is 0.412. The predicted octanol–water partition coefficient (Wildman–Crippen LogP) is 3.55. The molecule has 0 radical (unpaired) electrons. The van der Waals surface area contributed by atoms with Crippen molar-refractivity contribution in [1.29, 1.82) is 0 Å². The van der Waals surface area contributed by atoms with E-state index in [-0.39, 0.29) is 0 Å². The highest BCUT2D eigenvalue weighted by Crippen LogP contribution is 2.20. The molecule has 4 heteroatoms. The van der Waals surface area contributed by atoms with E-state index in [9.17, 15) is 0 Å². The highest BCUT2D eigenvalue weighted by molar-refractivity contribution is 5.49. The van der Waals surface area contributed by atoms with Crippen molar-refractivity contribution in [2.24, 2.45) is 0 Å². The monoisotopic (exact) mass is 284 g/mol. The van der Waals surface area contributed by atoms with Gasteiger partial charge in [0.15, 0.2) is 0 Å². The highest BCUT2D eigenvalue weighted by Gasteiger charge is 2.10. The van der Waals surface area contributed by atoms with Gasteiger partial charge in [-0.15, -0.1) is 0 Å². The maximum atomic E-state index is 4.64. The van der Waals surface area contributed by atoms with E-state index in [2.05, 4.69) is 65.3 Å². The Kier molecular flexibility index (Phi) is 5.14. The van der Waals surface area contributed by atoms with Crippen LogP contribution in [0.3, 0.4) is 0 Å². The van der Waals surface area contributed by atoms with Crippen LogP contribution in [0.1, 0.15) is 30.0 Å². The average molecular weight is 284 g/mol. The molecule has 4 nitrogen and oxygen atoms in total. The van der Waals surface area contributed by atoms with Gasteiger partial charge in [0.25, 0.3) is 0 Å². The molecule has 0 saturated carbocycles. The molecule has 1 N–H and O–H groups in total. The minimum absolute atomic E-state index is 0.703. The Morgan fingerprint density at radius 3 is 2.62 bits per heavy atom. The molecule has 0 aliphatic carbocycles. The Balaban J connectivity index is 2.18. The van der Waals surface area contributed by atoms with E-state index >= 15 is 0 Å². The lowest BCUT2D eigenvalue weighted by Crippen LogP contribution is -2.20. The molecule has 1 heterocycles. The molecule has 0 atom stereocenters. The van der Waals surface area contributed by atoms with Crippen LogP contribution in [0.4, 0.5) is 11.8 Å². The molecule has 0 saturated heterocycles. The van der Waals surface area contributed by atoms with Gasteiger partial charge in [0, 0.05) is 31.9 Å². The van der Waals surface area contributed by atoms with Crippen molar-refractivity contribution in [1.82, 2.24) is 9.97 Å². The lowest BCUT2D eigenvalue weighted by molar-refractivity contribution is 0.871. The Bertz CT molecular complexity index is 595. The zero-order valence-electron chi connectivity index (χ0n) is 13.3. The van der Waals surface area contributed by atoms with Crippen molar-refractivity contribution < 1.29 is 0 Å². The van der Waals surface area contributed by atoms with Crippen molar-refractivity contribution in [2.75, 3.05) is 23.8 Å². The van der Waals surface area contributed by atoms with E-state index in [0.29, 0.717) is 5.95 Å². The summed E-state index contributed by atoms with van der Waals surface area (Å²) in [4.78, 5) is 11.2.